The molecule has 0 atom stereocenters. The van der Waals surface area contributed by atoms with Crippen LogP contribution in [0.25, 0.3) is 0 Å². The second kappa shape index (κ2) is 6.85. The Balaban J connectivity index is 1.78. The lowest BCUT2D eigenvalue weighted by atomic mass is 10.1. The Morgan fingerprint density at radius 1 is 1.16 bits per heavy atom. The molecule has 2 N–H and O–H groups in total. The van der Waals surface area contributed by atoms with Crippen molar-refractivity contribution >= 4 is 0 Å². The van der Waals surface area contributed by atoms with E-state index in [1.807, 2.05) is 43.6 Å². The first-order valence-electron chi connectivity index (χ1n) is 6.48. The molecule has 0 aliphatic carbocycles. The molecule has 4 heteroatoms. The summed E-state index contributed by atoms with van der Waals surface area (Å²) < 4.78 is 5.64. The Bertz CT molecular complexity index is 514. The fourth-order valence-electron chi connectivity index (χ4n) is 1.87. The van der Waals surface area contributed by atoms with Crippen LogP contribution in [0.5, 0.6) is 5.88 Å². The van der Waals surface area contributed by atoms with Gasteiger partial charge in [-0.2, -0.15) is 0 Å². The van der Waals surface area contributed by atoms with Crippen molar-refractivity contribution in [2.45, 2.75) is 26.3 Å². The second-order valence-corrected chi connectivity index (χ2v) is 4.41. The van der Waals surface area contributed by atoms with Crippen molar-refractivity contribution in [3.63, 3.8) is 0 Å². The van der Waals surface area contributed by atoms with Gasteiger partial charge in [0.25, 0.3) is 0 Å². The van der Waals surface area contributed by atoms with E-state index in [9.17, 15) is 0 Å². The van der Waals surface area contributed by atoms with Crippen LogP contribution in [0.3, 0.4) is 0 Å². The van der Waals surface area contributed by atoms with Crippen molar-refractivity contribution in [3.05, 3.63) is 53.5 Å². The van der Waals surface area contributed by atoms with Gasteiger partial charge in [0, 0.05) is 30.7 Å². The molecule has 0 aliphatic rings. The van der Waals surface area contributed by atoms with E-state index in [0.717, 1.165) is 24.1 Å². The van der Waals surface area contributed by atoms with Crippen LogP contribution in [-0.4, -0.2) is 16.6 Å². The zero-order valence-corrected chi connectivity index (χ0v) is 11.2. The summed E-state index contributed by atoms with van der Waals surface area (Å²) in [6, 6.07) is 7.90. The third-order valence-corrected chi connectivity index (χ3v) is 3.00. The number of nitrogens with two attached hydrogens (primary N) is 1. The van der Waals surface area contributed by atoms with Crippen LogP contribution in [0.1, 0.15) is 23.2 Å². The van der Waals surface area contributed by atoms with E-state index in [-0.39, 0.29) is 0 Å². The summed E-state index contributed by atoms with van der Waals surface area (Å²) in [4.78, 5) is 8.37. The van der Waals surface area contributed by atoms with E-state index in [2.05, 4.69) is 9.97 Å². The van der Waals surface area contributed by atoms with Gasteiger partial charge in [-0.25, -0.2) is 4.98 Å². The molecule has 0 fully saturated rings. The maximum absolute atomic E-state index is 5.64. The van der Waals surface area contributed by atoms with Crippen molar-refractivity contribution in [1.82, 2.24) is 9.97 Å². The molecule has 2 aromatic rings. The van der Waals surface area contributed by atoms with Gasteiger partial charge in [0.2, 0.25) is 5.88 Å². The van der Waals surface area contributed by atoms with Crippen LogP contribution >= 0.6 is 0 Å². The standard InChI is InChI=1S/C15H19N3O/c1-12-14(11-16)4-5-15(18-12)19-10-2-3-13-6-8-17-9-7-13/h4-9H,2-3,10-11,16H2,1H3. The quantitative estimate of drug-likeness (QED) is 0.806. The molecule has 0 unspecified atom stereocenters. The van der Waals surface area contributed by atoms with Gasteiger partial charge in [-0.3, -0.25) is 4.98 Å². The summed E-state index contributed by atoms with van der Waals surface area (Å²) in [5, 5.41) is 0. The van der Waals surface area contributed by atoms with Gasteiger partial charge in [-0.1, -0.05) is 6.07 Å². The molecule has 2 heterocycles. The molecule has 0 aromatic carbocycles. The summed E-state index contributed by atoms with van der Waals surface area (Å²) in [7, 11) is 0. The van der Waals surface area contributed by atoms with Crippen LogP contribution < -0.4 is 10.5 Å². The molecule has 0 saturated heterocycles. The summed E-state index contributed by atoms with van der Waals surface area (Å²) in [5.74, 6) is 0.671. The minimum Gasteiger partial charge on any atom is -0.478 e. The van der Waals surface area contributed by atoms with Gasteiger partial charge in [0.05, 0.1) is 6.61 Å². The van der Waals surface area contributed by atoms with Gasteiger partial charge in [0.15, 0.2) is 0 Å². The SMILES string of the molecule is Cc1nc(OCCCc2ccncc2)ccc1CN. The predicted molar refractivity (Wildman–Crippen MR) is 74.9 cm³/mol. The van der Waals surface area contributed by atoms with E-state index >= 15 is 0 Å². The van der Waals surface area contributed by atoms with E-state index in [0.29, 0.717) is 19.0 Å². The minimum absolute atomic E-state index is 0.515. The topological polar surface area (TPSA) is 61.0 Å². The Hall–Kier alpha value is -1.94. The molecular weight excluding hydrogens is 238 g/mol. The number of aromatic nitrogens is 2. The largest absolute Gasteiger partial charge is 0.478 e. The normalized spacial score (nSPS) is 10.4. The highest BCUT2D eigenvalue weighted by Gasteiger charge is 2.01. The van der Waals surface area contributed by atoms with Crippen molar-refractivity contribution in [2.75, 3.05) is 6.61 Å². The van der Waals surface area contributed by atoms with Crippen LogP contribution in [0, 0.1) is 6.92 Å². The molecule has 19 heavy (non-hydrogen) atoms. The second-order valence-electron chi connectivity index (χ2n) is 4.41. The Morgan fingerprint density at radius 3 is 2.63 bits per heavy atom. The van der Waals surface area contributed by atoms with Crippen molar-refractivity contribution in [2.24, 2.45) is 5.73 Å². The number of nitrogens with zero attached hydrogens (tertiary/aromatic N) is 2. The predicted octanol–water partition coefficient (Wildman–Crippen LogP) is 2.26. The average molecular weight is 257 g/mol. The maximum atomic E-state index is 5.64. The van der Waals surface area contributed by atoms with Gasteiger partial charge < -0.3 is 10.5 Å². The molecule has 2 rings (SSSR count). The lowest BCUT2D eigenvalue weighted by Crippen LogP contribution is -2.04. The van der Waals surface area contributed by atoms with Crippen LogP contribution in [0.4, 0.5) is 0 Å². The van der Waals surface area contributed by atoms with E-state index < -0.39 is 0 Å². The lowest BCUT2D eigenvalue weighted by molar-refractivity contribution is 0.298. The molecule has 0 bridgehead atoms. The average Bonchev–Trinajstić information content (AvgIpc) is 2.45. The van der Waals surface area contributed by atoms with E-state index in [1.165, 1.54) is 5.56 Å². The van der Waals surface area contributed by atoms with Crippen molar-refractivity contribution in [3.8, 4) is 5.88 Å². The van der Waals surface area contributed by atoms with Gasteiger partial charge in [-0.05, 0) is 43.0 Å². The zero-order chi connectivity index (χ0) is 13.5. The highest BCUT2D eigenvalue weighted by atomic mass is 16.5. The van der Waals surface area contributed by atoms with E-state index in [1.54, 1.807) is 0 Å². The Morgan fingerprint density at radius 2 is 1.95 bits per heavy atom. The van der Waals surface area contributed by atoms with Gasteiger partial charge >= 0.3 is 0 Å². The molecule has 0 saturated carbocycles. The molecule has 0 spiro atoms. The van der Waals surface area contributed by atoms with Crippen molar-refractivity contribution < 1.29 is 4.74 Å². The summed E-state index contributed by atoms with van der Waals surface area (Å²) >= 11 is 0. The summed E-state index contributed by atoms with van der Waals surface area (Å²) in [6.07, 6.45) is 5.57. The smallest absolute Gasteiger partial charge is 0.213 e. The zero-order valence-electron chi connectivity index (χ0n) is 11.2. The Kier molecular flexibility index (Phi) is 4.86. The van der Waals surface area contributed by atoms with Gasteiger partial charge in [-0.15, -0.1) is 0 Å². The number of pyridine rings is 2. The summed E-state index contributed by atoms with van der Waals surface area (Å²) in [6.45, 7) is 3.13. The highest BCUT2D eigenvalue weighted by Crippen LogP contribution is 2.12. The maximum Gasteiger partial charge on any atom is 0.213 e. The molecular formula is C15H19N3O. The first kappa shape index (κ1) is 13.5. The molecule has 0 amide bonds. The molecule has 2 aromatic heterocycles. The highest BCUT2D eigenvalue weighted by molar-refractivity contribution is 5.24. The number of hydrogen-bond acceptors (Lipinski definition) is 4. The number of hydrogen-bond donors (Lipinski definition) is 1. The Labute approximate surface area is 113 Å². The number of rotatable bonds is 6. The minimum atomic E-state index is 0.515. The number of ether oxygens (including phenoxy) is 1. The lowest BCUT2D eigenvalue weighted by Gasteiger charge is -2.08. The summed E-state index contributed by atoms with van der Waals surface area (Å²) in [5.41, 5.74) is 8.88. The molecule has 4 nitrogen and oxygen atoms in total. The monoisotopic (exact) mass is 257 g/mol. The van der Waals surface area contributed by atoms with Crippen molar-refractivity contribution in [1.29, 1.82) is 0 Å². The third kappa shape index (κ3) is 4.03. The fourth-order valence-corrected chi connectivity index (χ4v) is 1.87. The molecule has 0 aliphatic heterocycles. The van der Waals surface area contributed by atoms with Crippen LogP contribution in [0.15, 0.2) is 36.7 Å². The van der Waals surface area contributed by atoms with Gasteiger partial charge in [0.1, 0.15) is 0 Å². The molecule has 100 valence electrons. The fraction of sp³-hybridized carbons (Fsp3) is 0.333. The van der Waals surface area contributed by atoms with Crippen LogP contribution in [-0.2, 0) is 13.0 Å². The first-order chi connectivity index (χ1) is 9.29. The number of aryl methyl sites for hydroxylation is 2. The third-order valence-electron chi connectivity index (χ3n) is 3.00. The van der Waals surface area contributed by atoms with Crippen LogP contribution in [0.2, 0.25) is 0 Å². The van der Waals surface area contributed by atoms with E-state index in [4.69, 9.17) is 10.5 Å². The first-order valence-corrected chi connectivity index (χ1v) is 6.48. The molecule has 0 radical (unpaired) electrons.